The highest BCUT2D eigenvalue weighted by molar-refractivity contribution is 5.54. The van der Waals surface area contributed by atoms with Crippen LogP contribution in [-0.2, 0) is 6.42 Å². The number of aliphatic hydroxyl groups is 1. The van der Waals surface area contributed by atoms with Crippen molar-refractivity contribution in [3.8, 4) is 11.8 Å². The number of anilines is 2. The fourth-order valence-electron chi connectivity index (χ4n) is 3.77. The van der Waals surface area contributed by atoms with Crippen LogP contribution in [0.15, 0.2) is 30.5 Å². The number of rotatable bonds is 7. The van der Waals surface area contributed by atoms with Gasteiger partial charge in [0.2, 0.25) is 5.95 Å². The third-order valence-corrected chi connectivity index (χ3v) is 5.57. The average Bonchev–Trinajstić information content (AvgIpc) is 2.71. The number of halogens is 3. The maximum Gasteiger partial charge on any atom is 0.573 e. The molecule has 1 unspecified atom stereocenters. The van der Waals surface area contributed by atoms with E-state index < -0.39 is 6.36 Å². The molecule has 32 heavy (non-hydrogen) atoms. The molecule has 172 valence electrons. The van der Waals surface area contributed by atoms with E-state index in [1.54, 1.807) is 12.1 Å². The van der Waals surface area contributed by atoms with Crippen LogP contribution in [0.1, 0.15) is 44.2 Å². The molecule has 10 heteroatoms. The Bertz CT molecular complexity index is 958. The number of alkyl halides is 3. The molecule has 3 rings (SSSR count). The average molecular weight is 449 g/mol. The van der Waals surface area contributed by atoms with Gasteiger partial charge in [-0.25, -0.2) is 4.98 Å². The number of hydrogen-bond acceptors (Lipinski definition) is 7. The molecule has 2 aromatic rings. The summed E-state index contributed by atoms with van der Waals surface area (Å²) in [7, 11) is 0. The van der Waals surface area contributed by atoms with Gasteiger partial charge >= 0.3 is 6.36 Å². The topological polar surface area (TPSA) is 103 Å². The summed E-state index contributed by atoms with van der Waals surface area (Å²) < 4.78 is 40.6. The van der Waals surface area contributed by atoms with E-state index in [2.05, 4.69) is 31.4 Å². The Hall–Kier alpha value is -3.06. The number of nitrogens with zero attached hydrogens (tertiary/aromatic N) is 3. The summed E-state index contributed by atoms with van der Waals surface area (Å²) in [5, 5.41) is 25.9. The molecule has 1 saturated carbocycles. The van der Waals surface area contributed by atoms with Gasteiger partial charge in [-0.15, -0.1) is 13.2 Å². The molecule has 1 aliphatic rings. The Morgan fingerprint density at radius 3 is 2.59 bits per heavy atom. The van der Waals surface area contributed by atoms with Crippen molar-refractivity contribution in [3.05, 3.63) is 41.6 Å². The quantitative estimate of drug-likeness (QED) is 0.581. The Labute approximate surface area is 184 Å². The predicted molar refractivity (Wildman–Crippen MR) is 113 cm³/mol. The second-order valence-electron chi connectivity index (χ2n) is 8.56. The van der Waals surface area contributed by atoms with Crippen molar-refractivity contribution in [1.82, 2.24) is 9.97 Å². The van der Waals surface area contributed by atoms with Crippen LogP contribution in [0.2, 0.25) is 0 Å². The fourth-order valence-corrected chi connectivity index (χ4v) is 3.77. The molecule has 3 N–H and O–H groups in total. The van der Waals surface area contributed by atoms with E-state index in [1.807, 2.05) is 13.8 Å². The summed E-state index contributed by atoms with van der Waals surface area (Å²) in [5.41, 5.74) is 0.930. The summed E-state index contributed by atoms with van der Waals surface area (Å²) in [6.45, 7) is 4.49. The van der Waals surface area contributed by atoms with Crippen molar-refractivity contribution in [2.45, 2.75) is 58.0 Å². The van der Waals surface area contributed by atoms with E-state index in [0.717, 1.165) is 18.4 Å². The van der Waals surface area contributed by atoms with Crippen molar-refractivity contribution in [3.63, 3.8) is 0 Å². The fraction of sp³-hybridized carbons (Fsp3) is 0.500. The lowest BCUT2D eigenvalue weighted by Gasteiger charge is -2.40. The summed E-state index contributed by atoms with van der Waals surface area (Å²) >= 11 is 0. The molecule has 0 radical (unpaired) electrons. The molecule has 0 saturated heterocycles. The maximum absolute atomic E-state index is 12.2. The van der Waals surface area contributed by atoms with Crippen molar-refractivity contribution >= 4 is 11.8 Å². The molecule has 0 amide bonds. The molecule has 0 aliphatic heterocycles. The third-order valence-electron chi connectivity index (χ3n) is 5.57. The van der Waals surface area contributed by atoms with Gasteiger partial charge in [0.15, 0.2) is 0 Å². The van der Waals surface area contributed by atoms with Crippen molar-refractivity contribution < 1.29 is 23.0 Å². The van der Waals surface area contributed by atoms with Crippen molar-refractivity contribution in [2.24, 2.45) is 5.41 Å². The van der Waals surface area contributed by atoms with Gasteiger partial charge < -0.3 is 20.5 Å². The minimum absolute atomic E-state index is 0.0840. The van der Waals surface area contributed by atoms with Gasteiger partial charge in [-0.05, 0) is 48.8 Å². The number of nitrogens with one attached hydrogen (secondary N) is 2. The van der Waals surface area contributed by atoms with Gasteiger partial charge in [-0.3, -0.25) is 0 Å². The van der Waals surface area contributed by atoms with Crippen LogP contribution >= 0.6 is 0 Å². The van der Waals surface area contributed by atoms with Gasteiger partial charge in [0, 0.05) is 12.6 Å². The van der Waals surface area contributed by atoms with Crippen LogP contribution in [0.5, 0.6) is 5.75 Å². The van der Waals surface area contributed by atoms with Crippen LogP contribution in [0.25, 0.3) is 0 Å². The SMILES string of the molecule is CC1(C)C[C@H](Nc2nc(NCCc3ccc(OC(F)(F)F)cc3)ncc2C#N)CCC1O. The number of aliphatic hydroxyl groups excluding tert-OH is 1. The van der Waals surface area contributed by atoms with Crippen LogP contribution < -0.4 is 15.4 Å². The predicted octanol–water partition coefficient (Wildman–Crippen LogP) is 4.25. The zero-order chi connectivity index (χ0) is 23.4. The van der Waals surface area contributed by atoms with E-state index in [-0.39, 0.29) is 23.3 Å². The zero-order valence-corrected chi connectivity index (χ0v) is 17.9. The highest BCUT2D eigenvalue weighted by Gasteiger charge is 2.36. The van der Waals surface area contributed by atoms with Gasteiger partial charge in [0.25, 0.3) is 0 Å². The number of benzene rings is 1. The first-order chi connectivity index (χ1) is 15.1. The van der Waals surface area contributed by atoms with E-state index in [4.69, 9.17) is 0 Å². The summed E-state index contributed by atoms with van der Waals surface area (Å²) in [6, 6.07) is 7.84. The highest BCUT2D eigenvalue weighted by atomic mass is 19.4. The first-order valence-corrected chi connectivity index (χ1v) is 10.4. The van der Waals surface area contributed by atoms with Crippen LogP contribution in [-0.4, -0.2) is 40.1 Å². The smallest absolute Gasteiger partial charge is 0.406 e. The molecule has 7 nitrogen and oxygen atoms in total. The lowest BCUT2D eigenvalue weighted by Crippen LogP contribution is -2.41. The first-order valence-electron chi connectivity index (χ1n) is 10.4. The van der Waals surface area contributed by atoms with Crippen LogP contribution in [0.3, 0.4) is 0 Å². The van der Waals surface area contributed by atoms with Crippen molar-refractivity contribution in [2.75, 3.05) is 17.2 Å². The molecule has 0 bridgehead atoms. The molecule has 1 aromatic carbocycles. The molecule has 1 aromatic heterocycles. The largest absolute Gasteiger partial charge is 0.573 e. The third kappa shape index (κ3) is 6.47. The van der Waals surface area contributed by atoms with Crippen LogP contribution in [0.4, 0.5) is 24.9 Å². The second kappa shape index (κ2) is 9.61. The van der Waals surface area contributed by atoms with E-state index >= 15 is 0 Å². The maximum atomic E-state index is 12.2. The number of hydrogen-bond donors (Lipinski definition) is 3. The monoisotopic (exact) mass is 449 g/mol. The first kappa shape index (κ1) is 23.6. The number of ether oxygens (including phenoxy) is 1. The van der Waals surface area contributed by atoms with Crippen LogP contribution in [0, 0.1) is 16.7 Å². The van der Waals surface area contributed by atoms with Gasteiger partial charge in [0.1, 0.15) is 23.2 Å². The van der Waals surface area contributed by atoms with E-state index in [0.29, 0.717) is 36.7 Å². The molecule has 2 atom stereocenters. The Kier molecular flexibility index (Phi) is 7.09. The van der Waals surface area contributed by atoms with E-state index in [9.17, 15) is 23.5 Å². The number of nitriles is 1. The number of aromatic nitrogens is 2. The van der Waals surface area contributed by atoms with Crippen molar-refractivity contribution in [1.29, 1.82) is 5.26 Å². The molecule has 1 heterocycles. The molecular formula is C22H26F3N5O2. The summed E-state index contributed by atoms with van der Waals surface area (Å²) in [6.07, 6.45) is -0.884. The van der Waals surface area contributed by atoms with E-state index in [1.165, 1.54) is 18.3 Å². The molecule has 1 aliphatic carbocycles. The standard InChI is InChI=1S/C22H26F3N5O2/c1-21(2)11-16(5-8-18(21)31)29-19-15(12-26)13-28-20(30-19)27-10-9-14-3-6-17(7-4-14)32-22(23,24)25/h3-4,6-7,13,16,18,31H,5,8-11H2,1-2H3,(H2,27,28,29,30)/t16-,18?/m1/s1. The minimum Gasteiger partial charge on any atom is -0.406 e. The lowest BCUT2D eigenvalue weighted by molar-refractivity contribution is -0.274. The van der Waals surface area contributed by atoms with Gasteiger partial charge in [0.05, 0.1) is 12.3 Å². The zero-order valence-electron chi connectivity index (χ0n) is 17.9. The minimum atomic E-state index is -4.71. The normalized spacial score (nSPS) is 20.3. The Morgan fingerprint density at radius 1 is 1.25 bits per heavy atom. The van der Waals surface area contributed by atoms with Gasteiger partial charge in [-0.1, -0.05) is 26.0 Å². The molecular weight excluding hydrogens is 423 g/mol. The molecule has 1 fully saturated rings. The summed E-state index contributed by atoms with van der Waals surface area (Å²) in [5.74, 6) is 0.522. The lowest BCUT2D eigenvalue weighted by atomic mass is 9.73. The molecule has 0 spiro atoms. The highest BCUT2D eigenvalue weighted by Crippen LogP contribution is 2.37. The second-order valence-corrected chi connectivity index (χ2v) is 8.56. The summed E-state index contributed by atoms with van der Waals surface area (Å²) in [4.78, 5) is 8.59. The van der Waals surface area contributed by atoms with Gasteiger partial charge in [-0.2, -0.15) is 10.2 Å². The Morgan fingerprint density at radius 2 is 1.97 bits per heavy atom. The Balaban J connectivity index is 1.58.